The zero-order valence-electron chi connectivity index (χ0n) is 19.8. The van der Waals surface area contributed by atoms with Gasteiger partial charge in [0.1, 0.15) is 28.6 Å². The maximum Gasteiger partial charge on any atom is 0.175 e. The lowest BCUT2D eigenvalue weighted by molar-refractivity contribution is -0.144. The molecule has 0 fully saturated rings. The lowest BCUT2D eigenvalue weighted by Crippen LogP contribution is -2.52. The Morgan fingerprint density at radius 1 is 0.968 bits per heavy atom. The molecule has 0 amide bonds. The molecule has 0 saturated heterocycles. The summed E-state index contributed by atoms with van der Waals surface area (Å²) in [7, 11) is 0. The Kier molecular flexibility index (Phi) is 5.16. The van der Waals surface area contributed by atoms with Crippen LogP contribution in [0.25, 0.3) is 0 Å². The number of carbonyl (C=O) groups excluding carboxylic acids is 3. The minimum Gasteiger partial charge on any atom is -0.507 e. The molecule has 6 heteroatoms. The maximum atomic E-state index is 13.5. The van der Waals surface area contributed by atoms with Gasteiger partial charge in [-0.15, -0.1) is 0 Å². The van der Waals surface area contributed by atoms with Crippen LogP contribution in [0.1, 0.15) is 82.8 Å². The van der Waals surface area contributed by atoms with Gasteiger partial charge >= 0.3 is 0 Å². The minimum absolute atomic E-state index is 0.0157. The van der Waals surface area contributed by atoms with E-state index in [9.17, 15) is 24.6 Å². The van der Waals surface area contributed by atoms with Crippen LogP contribution in [0.3, 0.4) is 0 Å². The molecule has 1 heterocycles. The first-order chi connectivity index (χ1) is 14.1. The highest BCUT2D eigenvalue weighted by atomic mass is 16.5. The van der Waals surface area contributed by atoms with E-state index in [1.165, 1.54) is 6.92 Å². The molecule has 0 saturated carbocycles. The van der Waals surface area contributed by atoms with E-state index in [1.54, 1.807) is 41.5 Å². The van der Waals surface area contributed by atoms with E-state index >= 15 is 0 Å². The van der Waals surface area contributed by atoms with Crippen molar-refractivity contribution in [3.63, 3.8) is 0 Å². The molecule has 1 aliphatic heterocycles. The summed E-state index contributed by atoms with van der Waals surface area (Å²) in [5.41, 5.74) is -1.53. The summed E-state index contributed by atoms with van der Waals surface area (Å²) < 4.78 is 6.18. The number of phenols is 2. The van der Waals surface area contributed by atoms with Gasteiger partial charge in [-0.1, -0.05) is 27.7 Å². The van der Waals surface area contributed by atoms with E-state index in [0.29, 0.717) is 11.1 Å². The number of ether oxygens (including phenoxy) is 1. The number of hydrogen-bond donors (Lipinski definition) is 2. The lowest BCUT2D eigenvalue weighted by atomic mass is 9.59. The molecule has 3 rings (SSSR count). The number of aromatic hydroxyl groups is 2. The van der Waals surface area contributed by atoms with Crippen molar-refractivity contribution in [2.24, 2.45) is 22.7 Å². The maximum absolute atomic E-state index is 13.5. The van der Waals surface area contributed by atoms with Crippen LogP contribution in [0, 0.1) is 29.6 Å². The first-order valence-corrected chi connectivity index (χ1v) is 10.7. The topological polar surface area (TPSA) is 101 Å². The molecule has 0 bridgehead atoms. The van der Waals surface area contributed by atoms with E-state index in [0.717, 1.165) is 0 Å². The summed E-state index contributed by atoms with van der Waals surface area (Å²) >= 11 is 0. The zero-order valence-corrected chi connectivity index (χ0v) is 19.8. The van der Waals surface area contributed by atoms with Gasteiger partial charge in [-0.25, -0.2) is 0 Å². The standard InChI is InChI=1S/C25H32O6/c1-10(2)13-14-18(27)12(5)19(28)16(17(26)11(3)4)20(14)31-22-15(13)21(29)24(6,7)23(30)25(22,8)9/h10-11,13,27-28H,1-9H3/t13-/m1/s1. The Morgan fingerprint density at radius 3 is 2.00 bits per heavy atom. The number of allylic oxidation sites excluding steroid dienone is 2. The number of rotatable bonds is 3. The Balaban J connectivity index is 2.48. The van der Waals surface area contributed by atoms with Gasteiger partial charge in [-0.05, 0) is 40.5 Å². The van der Waals surface area contributed by atoms with E-state index in [1.807, 2.05) is 13.8 Å². The molecule has 31 heavy (non-hydrogen) atoms. The summed E-state index contributed by atoms with van der Waals surface area (Å²) in [5, 5.41) is 21.8. The Bertz CT molecular complexity index is 1050. The number of hydrogen-bond acceptors (Lipinski definition) is 6. The van der Waals surface area contributed by atoms with Crippen LogP contribution in [-0.2, 0) is 9.59 Å². The van der Waals surface area contributed by atoms with E-state index in [2.05, 4.69) is 0 Å². The Morgan fingerprint density at radius 2 is 1.52 bits per heavy atom. The normalized spacial score (nSPS) is 21.8. The number of Topliss-reactive ketones (excluding diaryl/α,β-unsaturated/α-hetero) is 3. The second kappa shape index (κ2) is 6.94. The van der Waals surface area contributed by atoms with E-state index < -0.39 is 22.7 Å². The lowest BCUT2D eigenvalue weighted by Gasteiger charge is -2.46. The monoisotopic (exact) mass is 428 g/mol. The molecule has 0 radical (unpaired) electrons. The van der Waals surface area contributed by atoms with Gasteiger partial charge in [0.2, 0.25) is 0 Å². The summed E-state index contributed by atoms with van der Waals surface area (Å²) in [4.78, 5) is 39.8. The van der Waals surface area contributed by atoms with Crippen molar-refractivity contribution in [2.45, 2.75) is 68.2 Å². The summed E-state index contributed by atoms with van der Waals surface area (Å²) in [6, 6.07) is 0. The van der Waals surface area contributed by atoms with E-state index in [-0.39, 0.29) is 57.4 Å². The summed E-state index contributed by atoms with van der Waals surface area (Å²) in [6.45, 7) is 15.4. The van der Waals surface area contributed by atoms with Crippen molar-refractivity contribution in [1.29, 1.82) is 0 Å². The predicted molar refractivity (Wildman–Crippen MR) is 116 cm³/mol. The minimum atomic E-state index is -1.24. The van der Waals surface area contributed by atoms with Gasteiger partial charge in [0.25, 0.3) is 0 Å². The molecule has 0 aromatic heterocycles. The Labute approximate surface area is 183 Å². The van der Waals surface area contributed by atoms with E-state index in [4.69, 9.17) is 4.74 Å². The third-order valence-corrected chi connectivity index (χ3v) is 6.70. The van der Waals surface area contributed by atoms with Crippen LogP contribution in [0.2, 0.25) is 0 Å². The first kappa shape index (κ1) is 23.0. The fraction of sp³-hybridized carbons (Fsp3) is 0.560. The molecule has 1 atom stereocenters. The van der Waals surface area contributed by atoms with Gasteiger partial charge in [0, 0.05) is 28.5 Å². The summed E-state index contributed by atoms with van der Waals surface area (Å²) in [5.74, 6) is -2.40. The molecule has 6 nitrogen and oxygen atoms in total. The first-order valence-electron chi connectivity index (χ1n) is 10.7. The van der Waals surface area contributed by atoms with Crippen LogP contribution in [0.15, 0.2) is 11.3 Å². The molecule has 2 aliphatic rings. The van der Waals surface area contributed by atoms with Gasteiger partial charge in [-0.3, -0.25) is 14.4 Å². The Hall–Kier alpha value is -2.63. The van der Waals surface area contributed by atoms with Crippen molar-refractivity contribution < 1.29 is 29.3 Å². The van der Waals surface area contributed by atoms with Crippen molar-refractivity contribution in [3.8, 4) is 17.2 Å². The van der Waals surface area contributed by atoms with Crippen LogP contribution in [0.4, 0.5) is 0 Å². The predicted octanol–water partition coefficient (Wildman–Crippen LogP) is 4.84. The highest BCUT2D eigenvalue weighted by molar-refractivity contribution is 6.20. The van der Waals surface area contributed by atoms with Gasteiger partial charge < -0.3 is 14.9 Å². The molecule has 1 aromatic rings. The fourth-order valence-corrected chi connectivity index (χ4v) is 4.91. The second-order valence-corrected chi connectivity index (χ2v) is 10.4. The third kappa shape index (κ3) is 2.94. The number of benzene rings is 1. The molecule has 0 unspecified atom stereocenters. The van der Waals surface area contributed by atoms with Crippen LogP contribution < -0.4 is 4.74 Å². The molecule has 2 N–H and O–H groups in total. The van der Waals surface area contributed by atoms with Crippen LogP contribution in [-0.4, -0.2) is 27.6 Å². The van der Waals surface area contributed by atoms with Gasteiger partial charge in [0.15, 0.2) is 17.3 Å². The average Bonchev–Trinajstić information content (AvgIpc) is 2.68. The number of phenolic OH excluding ortho intramolecular Hbond substituents is 2. The number of carbonyl (C=O) groups is 3. The number of ketones is 3. The molecule has 0 spiro atoms. The van der Waals surface area contributed by atoms with Gasteiger partial charge in [0.05, 0.1) is 10.8 Å². The highest BCUT2D eigenvalue weighted by Crippen LogP contribution is 2.59. The second-order valence-electron chi connectivity index (χ2n) is 10.4. The quantitative estimate of drug-likeness (QED) is 0.528. The highest BCUT2D eigenvalue weighted by Gasteiger charge is 2.58. The number of fused-ring (bicyclic) bond motifs is 1. The molecular formula is C25H32O6. The zero-order chi connectivity index (χ0) is 23.8. The fourth-order valence-electron chi connectivity index (χ4n) is 4.91. The SMILES string of the molecule is Cc1c(O)c(C(=O)C(C)C)c2c(c1O)[C@@H](C(C)C)C1=C(O2)C(C)(C)C(=O)C(C)(C)C1=O. The van der Waals surface area contributed by atoms with Crippen molar-refractivity contribution in [3.05, 3.63) is 28.0 Å². The molecular weight excluding hydrogens is 396 g/mol. The van der Waals surface area contributed by atoms with Crippen molar-refractivity contribution in [1.82, 2.24) is 0 Å². The third-order valence-electron chi connectivity index (χ3n) is 6.70. The van der Waals surface area contributed by atoms with Gasteiger partial charge in [-0.2, -0.15) is 0 Å². The summed E-state index contributed by atoms with van der Waals surface area (Å²) in [6.07, 6.45) is 0. The van der Waals surface area contributed by atoms with Crippen LogP contribution >= 0.6 is 0 Å². The largest absolute Gasteiger partial charge is 0.507 e. The molecule has 1 aliphatic carbocycles. The van der Waals surface area contributed by atoms with Crippen molar-refractivity contribution in [2.75, 3.05) is 0 Å². The molecule has 1 aromatic carbocycles. The average molecular weight is 429 g/mol. The smallest absolute Gasteiger partial charge is 0.175 e. The molecule has 168 valence electrons. The van der Waals surface area contributed by atoms with Crippen molar-refractivity contribution >= 4 is 17.3 Å². The van der Waals surface area contributed by atoms with Crippen LogP contribution in [0.5, 0.6) is 17.2 Å².